The van der Waals surface area contributed by atoms with Gasteiger partial charge >= 0.3 is 0 Å². The van der Waals surface area contributed by atoms with Gasteiger partial charge in [0.05, 0.1) is 16.7 Å². The van der Waals surface area contributed by atoms with Gasteiger partial charge in [0.2, 0.25) is 0 Å². The van der Waals surface area contributed by atoms with E-state index >= 15 is 0 Å². The third-order valence-corrected chi connectivity index (χ3v) is 10.5. The topological polar surface area (TPSA) is 17.8 Å². The molecule has 226 valence electrons. The van der Waals surface area contributed by atoms with Crippen LogP contribution in [0.2, 0.25) is 0 Å². The first kappa shape index (κ1) is 27.2. The van der Waals surface area contributed by atoms with Crippen LogP contribution in [0.1, 0.15) is 25.0 Å². The number of rotatable bonds is 3. The van der Waals surface area contributed by atoms with E-state index in [1.54, 1.807) is 0 Å². The van der Waals surface area contributed by atoms with E-state index in [-0.39, 0.29) is 5.41 Å². The van der Waals surface area contributed by atoms with Crippen LogP contribution in [-0.4, -0.2) is 9.55 Å². The van der Waals surface area contributed by atoms with Crippen molar-refractivity contribution in [3.05, 3.63) is 169 Å². The van der Waals surface area contributed by atoms with E-state index in [9.17, 15) is 0 Å². The molecule has 9 aromatic rings. The number of fused-ring (bicyclic) bond motifs is 8. The predicted molar refractivity (Wildman–Crippen MR) is 202 cm³/mol. The zero-order chi connectivity index (χ0) is 32.0. The van der Waals surface area contributed by atoms with Gasteiger partial charge in [-0.1, -0.05) is 147 Å². The summed E-state index contributed by atoms with van der Waals surface area (Å²) in [7, 11) is 0. The minimum atomic E-state index is -0.133. The number of benzene rings is 7. The van der Waals surface area contributed by atoms with Crippen LogP contribution in [0, 0.1) is 0 Å². The second kappa shape index (κ2) is 10.0. The van der Waals surface area contributed by atoms with E-state index in [0.717, 1.165) is 28.2 Å². The molecular formula is C46H32N2. The van der Waals surface area contributed by atoms with Crippen LogP contribution >= 0.6 is 0 Å². The highest BCUT2D eigenvalue weighted by atomic mass is 15.1. The fourth-order valence-corrected chi connectivity index (χ4v) is 8.32. The Morgan fingerprint density at radius 3 is 2.02 bits per heavy atom. The lowest BCUT2D eigenvalue weighted by Gasteiger charge is -2.35. The maximum Gasteiger partial charge on any atom is 0.138 e. The molecule has 1 aliphatic rings. The van der Waals surface area contributed by atoms with Crippen molar-refractivity contribution in [2.24, 2.45) is 0 Å². The van der Waals surface area contributed by atoms with Crippen molar-refractivity contribution in [2.45, 2.75) is 19.3 Å². The SMILES string of the molecule is CC1(C)c2ccccc2-c2c3c1cccc3cc1c3c4ccccc4ccc3n(-c3cc(-c4ccccc4)cc(-c4ccccc4)n3)c21. The van der Waals surface area contributed by atoms with Crippen LogP contribution in [-0.2, 0) is 5.41 Å². The summed E-state index contributed by atoms with van der Waals surface area (Å²) in [5, 5.41) is 7.63. The van der Waals surface area contributed by atoms with Gasteiger partial charge in [0.1, 0.15) is 5.82 Å². The standard InChI is InChI=1S/C46H32N2/c1-46(2)37-22-12-11-21-35(37)44-42-32(19-13-23-38(42)46)26-36-43-34-20-10-9-16-30(34)24-25-40(43)48(45(36)44)41-28-33(29-14-5-3-6-15-29)27-39(47-41)31-17-7-4-8-18-31/h3-28H,1-2H3. The van der Waals surface area contributed by atoms with Crippen molar-refractivity contribution in [1.82, 2.24) is 9.55 Å². The van der Waals surface area contributed by atoms with E-state index in [1.807, 2.05) is 0 Å². The molecule has 0 atom stereocenters. The quantitative estimate of drug-likeness (QED) is 0.194. The number of nitrogens with zero attached hydrogens (tertiary/aromatic N) is 2. The van der Waals surface area contributed by atoms with Crippen molar-refractivity contribution in [3.63, 3.8) is 0 Å². The molecule has 10 rings (SSSR count). The Balaban J connectivity index is 1.45. The molecule has 48 heavy (non-hydrogen) atoms. The molecule has 2 nitrogen and oxygen atoms in total. The van der Waals surface area contributed by atoms with Crippen LogP contribution in [0.5, 0.6) is 0 Å². The van der Waals surface area contributed by atoms with E-state index in [1.165, 1.54) is 65.7 Å². The first-order valence-electron chi connectivity index (χ1n) is 16.7. The summed E-state index contributed by atoms with van der Waals surface area (Å²) < 4.78 is 2.45. The molecule has 0 amide bonds. The summed E-state index contributed by atoms with van der Waals surface area (Å²) in [5.41, 5.74) is 11.9. The highest BCUT2D eigenvalue weighted by molar-refractivity contribution is 6.28. The molecule has 2 heterocycles. The average molecular weight is 613 g/mol. The second-order valence-electron chi connectivity index (χ2n) is 13.6. The monoisotopic (exact) mass is 612 g/mol. The molecule has 0 spiro atoms. The van der Waals surface area contributed by atoms with Crippen molar-refractivity contribution in [3.8, 4) is 39.3 Å². The summed E-state index contributed by atoms with van der Waals surface area (Å²) in [5.74, 6) is 0.917. The van der Waals surface area contributed by atoms with Gasteiger partial charge in [-0.2, -0.15) is 0 Å². The zero-order valence-corrected chi connectivity index (χ0v) is 26.9. The Labute approximate surface area is 279 Å². The fraction of sp³-hybridized carbons (Fsp3) is 0.0652. The van der Waals surface area contributed by atoms with E-state index in [0.29, 0.717) is 0 Å². The van der Waals surface area contributed by atoms with E-state index in [2.05, 4.69) is 176 Å². The third-order valence-electron chi connectivity index (χ3n) is 10.5. The van der Waals surface area contributed by atoms with Crippen LogP contribution < -0.4 is 0 Å². The molecule has 2 heteroatoms. The van der Waals surface area contributed by atoms with Gasteiger partial charge in [-0.25, -0.2) is 4.98 Å². The van der Waals surface area contributed by atoms with Crippen LogP contribution in [0.3, 0.4) is 0 Å². The van der Waals surface area contributed by atoms with Crippen molar-refractivity contribution < 1.29 is 0 Å². The van der Waals surface area contributed by atoms with Crippen LogP contribution in [0.25, 0.3) is 82.7 Å². The van der Waals surface area contributed by atoms with E-state index in [4.69, 9.17) is 4.98 Å². The minimum Gasteiger partial charge on any atom is -0.293 e. The molecule has 0 aliphatic heterocycles. The average Bonchev–Trinajstić information content (AvgIpc) is 3.48. The smallest absolute Gasteiger partial charge is 0.138 e. The van der Waals surface area contributed by atoms with Crippen molar-refractivity contribution in [2.75, 3.05) is 0 Å². The van der Waals surface area contributed by atoms with Gasteiger partial charge in [0, 0.05) is 27.3 Å². The van der Waals surface area contributed by atoms with Gasteiger partial charge in [-0.05, 0) is 73.6 Å². The van der Waals surface area contributed by atoms with E-state index < -0.39 is 0 Å². The molecule has 0 unspecified atom stereocenters. The lowest BCUT2D eigenvalue weighted by Crippen LogP contribution is -2.23. The Hall–Kier alpha value is -5.99. The van der Waals surface area contributed by atoms with Crippen molar-refractivity contribution >= 4 is 43.4 Å². The lowest BCUT2D eigenvalue weighted by molar-refractivity contribution is 0.645. The summed E-state index contributed by atoms with van der Waals surface area (Å²) in [6.45, 7) is 4.74. The Morgan fingerprint density at radius 1 is 0.500 bits per heavy atom. The Kier molecular flexibility index (Phi) is 5.66. The molecule has 0 bridgehead atoms. The fourth-order valence-electron chi connectivity index (χ4n) is 8.32. The molecule has 0 saturated carbocycles. The normalized spacial score (nSPS) is 13.4. The first-order valence-corrected chi connectivity index (χ1v) is 16.7. The number of aromatic nitrogens is 2. The molecule has 7 aromatic carbocycles. The van der Waals surface area contributed by atoms with Gasteiger partial charge in [0.15, 0.2) is 0 Å². The molecule has 0 fully saturated rings. The zero-order valence-electron chi connectivity index (χ0n) is 26.9. The Morgan fingerprint density at radius 2 is 1.19 bits per heavy atom. The maximum atomic E-state index is 5.50. The summed E-state index contributed by atoms with van der Waals surface area (Å²) in [6, 6.07) is 57.4. The molecule has 1 aliphatic carbocycles. The first-order chi connectivity index (χ1) is 23.6. The number of hydrogen-bond donors (Lipinski definition) is 0. The van der Waals surface area contributed by atoms with Gasteiger partial charge in [0.25, 0.3) is 0 Å². The Bertz CT molecular complexity index is 2680. The van der Waals surface area contributed by atoms with Crippen LogP contribution in [0.4, 0.5) is 0 Å². The van der Waals surface area contributed by atoms with Crippen LogP contribution in [0.15, 0.2) is 158 Å². The largest absolute Gasteiger partial charge is 0.293 e. The second-order valence-corrected chi connectivity index (χ2v) is 13.6. The predicted octanol–water partition coefficient (Wildman–Crippen LogP) is 12.1. The number of hydrogen-bond acceptors (Lipinski definition) is 1. The summed E-state index contributed by atoms with van der Waals surface area (Å²) in [6.07, 6.45) is 0. The summed E-state index contributed by atoms with van der Waals surface area (Å²) >= 11 is 0. The van der Waals surface area contributed by atoms with Gasteiger partial charge < -0.3 is 0 Å². The molecular weight excluding hydrogens is 581 g/mol. The third kappa shape index (κ3) is 3.77. The lowest BCUT2D eigenvalue weighted by atomic mass is 9.68. The van der Waals surface area contributed by atoms with Gasteiger partial charge in [-0.3, -0.25) is 4.57 Å². The molecule has 0 radical (unpaired) electrons. The number of pyridine rings is 1. The summed E-state index contributed by atoms with van der Waals surface area (Å²) in [4.78, 5) is 5.50. The molecule has 2 aromatic heterocycles. The van der Waals surface area contributed by atoms with Crippen molar-refractivity contribution in [1.29, 1.82) is 0 Å². The molecule has 0 saturated heterocycles. The van der Waals surface area contributed by atoms with Gasteiger partial charge in [-0.15, -0.1) is 0 Å². The molecule has 0 N–H and O–H groups in total. The minimum absolute atomic E-state index is 0.133. The maximum absolute atomic E-state index is 5.50. The highest BCUT2D eigenvalue weighted by Gasteiger charge is 2.35. The highest BCUT2D eigenvalue weighted by Crippen LogP contribution is 2.53.